The van der Waals surface area contributed by atoms with Gasteiger partial charge in [0.25, 0.3) is 0 Å². The lowest BCUT2D eigenvalue weighted by molar-refractivity contribution is 0.769. The molecular formula is C12H12N2. The van der Waals surface area contributed by atoms with E-state index in [1.807, 2.05) is 18.2 Å². The van der Waals surface area contributed by atoms with Crippen molar-refractivity contribution in [1.82, 2.24) is 4.57 Å². The van der Waals surface area contributed by atoms with Gasteiger partial charge in [0.2, 0.25) is 0 Å². The molecule has 0 saturated carbocycles. The molecule has 1 heterocycles. The van der Waals surface area contributed by atoms with Crippen LogP contribution in [0.4, 0.5) is 0 Å². The van der Waals surface area contributed by atoms with E-state index in [1.54, 1.807) is 0 Å². The molecule has 0 N–H and O–H groups in total. The Labute approximate surface area is 83.4 Å². The van der Waals surface area contributed by atoms with Crippen molar-refractivity contribution in [3.05, 3.63) is 35.5 Å². The molecule has 14 heavy (non-hydrogen) atoms. The summed E-state index contributed by atoms with van der Waals surface area (Å²) in [6.07, 6.45) is 0. The summed E-state index contributed by atoms with van der Waals surface area (Å²) in [4.78, 5) is 0. The number of nitrogens with zero attached hydrogens (tertiary/aromatic N) is 2. The van der Waals surface area contributed by atoms with E-state index in [0.717, 1.165) is 17.6 Å². The summed E-state index contributed by atoms with van der Waals surface area (Å²) in [6, 6.07) is 10.1. The fourth-order valence-electron chi connectivity index (χ4n) is 1.88. The third-order valence-corrected chi connectivity index (χ3v) is 2.56. The maximum atomic E-state index is 8.81. The molecule has 0 aliphatic heterocycles. The normalized spacial score (nSPS) is 10.4. The van der Waals surface area contributed by atoms with E-state index in [9.17, 15) is 0 Å². The molecular weight excluding hydrogens is 172 g/mol. The minimum Gasteiger partial charge on any atom is -0.345 e. The molecule has 0 amide bonds. The van der Waals surface area contributed by atoms with Crippen LogP contribution in [0.5, 0.6) is 0 Å². The maximum Gasteiger partial charge on any atom is 0.0992 e. The van der Waals surface area contributed by atoms with Crippen LogP contribution in [0.2, 0.25) is 0 Å². The van der Waals surface area contributed by atoms with Gasteiger partial charge in [0.1, 0.15) is 0 Å². The van der Waals surface area contributed by atoms with Crippen molar-refractivity contribution < 1.29 is 0 Å². The van der Waals surface area contributed by atoms with E-state index >= 15 is 0 Å². The summed E-state index contributed by atoms with van der Waals surface area (Å²) >= 11 is 0. The van der Waals surface area contributed by atoms with Gasteiger partial charge in [-0.05, 0) is 37.4 Å². The molecule has 1 aromatic heterocycles. The van der Waals surface area contributed by atoms with Crippen LogP contribution in [0.25, 0.3) is 10.9 Å². The highest BCUT2D eigenvalue weighted by molar-refractivity contribution is 5.82. The molecule has 70 valence electrons. The van der Waals surface area contributed by atoms with Crippen LogP contribution in [0.1, 0.15) is 18.2 Å². The third-order valence-electron chi connectivity index (χ3n) is 2.56. The fourth-order valence-corrected chi connectivity index (χ4v) is 1.88. The summed E-state index contributed by atoms with van der Waals surface area (Å²) in [5.74, 6) is 0. The predicted octanol–water partition coefficient (Wildman–Crippen LogP) is 2.84. The average Bonchev–Trinajstić information content (AvgIpc) is 2.52. The SMILES string of the molecule is CCn1c(C)cc2ccc(C#N)cc21. The number of hydrogen-bond acceptors (Lipinski definition) is 1. The summed E-state index contributed by atoms with van der Waals surface area (Å²) in [7, 11) is 0. The maximum absolute atomic E-state index is 8.81. The summed E-state index contributed by atoms with van der Waals surface area (Å²) in [6.45, 7) is 5.16. The van der Waals surface area contributed by atoms with Crippen LogP contribution in [0, 0.1) is 18.3 Å². The molecule has 0 bridgehead atoms. The van der Waals surface area contributed by atoms with E-state index in [4.69, 9.17) is 5.26 Å². The Bertz CT molecular complexity index is 515. The molecule has 2 nitrogen and oxygen atoms in total. The fraction of sp³-hybridized carbons (Fsp3) is 0.250. The molecule has 0 radical (unpaired) electrons. The monoisotopic (exact) mass is 184 g/mol. The molecule has 0 saturated heterocycles. The summed E-state index contributed by atoms with van der Waals surface area (Å²) in [5, 5.41) is 10.0. The second-order valence-corrected chi connectivity index (χ2v) is 3.42. The molecule has 0 aliphatic carbocycles. The number of hydrogen-bond donors (Lipinski definition) is 0. The molecule has 0 atom stereocenters. The molecule has 1 aromatic carbocycles. The Balaban J connectivity index is 2.79. The zero-order valence-corrected chi connectivity index (χ0v) is 8.41. The largest absolute Gasteiger partial charge is 0.345 e. The molecule has 0 fully saturated rings. The second kappa shape index (κ2) is 3.19. The Morgan fingerprint density at radius 2 is 2.14 bits per heavy atom. The second-order valence-electron chi connectivity index (χ2n) is 3.42. The van der Waals surface area contributed by atoms with Crippen LogP contribution in [-0.2, 0) is 6.54 Å². The zero-order chi connectivity index (χ0) is 10.1. The van der Waals surface area contributed by atoms with Crippen molar-refractivity contribution >= 4 is 10.9 Å². The number of aromatic nitrogens is 1. The van der Waals surface area contributed by atoms with Crippen molar-refractivity contribution in [3.8, 4) is 6.07 Å². The number of fused-ring (bicyclic) bond motifs is 1. The third kappa shape index (κ3) is 1.18. The lowest BCUT2D eigenvalue weighted by atomic mass is 10.2. The Hall–Kier alpha value is -1.75. The van der Waals surface area contributed by atoms with Gasteiger partial charge in [-0.3, -0.25) is 0 Å². The number of benzene rings is 1. The standard InChI is InChI=1S/C12H12N2/c1-3-14-9(2)6-11-5-4-10(8-13)7-12(11)14/h4-7H,3H2,1-2H3. The topological polar surface area (TPSA) is 28.7 Å². The van der Waals surface area contributed by atoms with Crippen LogP contribution in [0.3, 0.4) is 0 Å². The van der Waals surface area contributed by atoms with E-state index in [1.165, 1.54) is 11.1 Å². The molecule has 0 aliphatic rings. The molecule has 2 aromatic rings. The van der Waals surface area contributed by atoms with Crippen molar-refractivity contribution in [2.75, 3.05) is 0 Å². The highest BCUT2D eigenvalue weighted by Gasteiger charge is 2.04. The van der Waals surface area contributed by atoms with Crippen molar-refractivity contribution in [1.29, 1.82) is 5.26 Å². The molecule has 2 heteroatoms. The highest BCUT2D eigenvalue weighted by Crippen LogP contribution is 2.20. The minimum atomic E-state index is 0.727. The Morgan fingerprint density at radius 3 is 2.79 bits per heavy atom. The first-order chi connectivity index (χ1) is 6.76. The van der Waals surface area contributed by atoms with Gasteiger partial charge in [0, 0.05) is 17.8 Å². The van der Waals surface area contributed by atoms with Gasteiger partial charge in [-0.25, -0.2) is 0 Å². The first-order valence-electron chi connectivity index (χ1n) is 4.76. The van der Waals surface area contributed by atoms with Gasteiger partial charge < -0.3 is 4.57 Å². The summed E-state index contributed by atoms with van der Waals surface area (Å²) in [5.41, 5.74) is 3.13. The molecule has 0 spiro atoms. The average molecular weight is 184 g/mol. The van der Waals surface area contributed by atoms with Gasteiger partial charge >= 0.3 is 0 Å². The van der Waals surface area contributed by atoms with Crippen LogP contribution in [-0.4, -0.2) is 4.57 Å². The number of rotatable bonds is 1. The van der Waals surface area contributed by atoms with Crippen LogP contribution >= 0.6 is 0 Å². The number of nitriles is 1. The van der Waals surface area contributed by atoms with Crippen molar-refractivity contribution in [2.24, 2.45) is 0 Å². The van der Waals surface area contributed by atoms with E-state index in [0.29, 0.717) is 0 Å². The first kappa shape index (κ1) is 8.83. The van der Waals surface area contributed by atoms with Gasteiger partial charge in [0.15, 0.2) is 0 Å². The van der Waals surface area contributed by atoms with E-state index in [2.05, 4.69) is 30.6 Å². The lowest BCUT2D eigenvalue weighted by Gasteiger charge is -2.03. The van der Waals surface area contributed by atoms with Crippen molar-refractivity contribution in [2.45, 2.75) is 20.4 Å². The van der Waals surface area contributed by atoms with Crippen molar-refractivity contribution in [3.63, 3.8) is 0 Å². The first-order valence-corrected chi connectivity index (χ1v) is 4.76. The lowest BCUT2D eigenvalue weighted by Crippen LogP contribution is -1.95. The van der Waals surface area contributed by atoms with Crippen LogP contribution in [0.15, 0.2) is 24.3 Å². The highest BCUT2D eigenvalue weighted by atomic mass is 15.0. The Morgan fingerprint density at radius 1 is 1.36 bits per heavy atom. The van der Waals surface area contributed by atoms with Gasteiger partial charge in [-0.1, -0.05) is 6.07 Å². The number of aryl methyl sites for hydroxylation is 2. The van der Waals surface area contributed by atoms with E-state index in [-0.39, 0.29) is 0 Å². The van der Waals surface area contributed by atoms with Crippen LogP contribution < -0.4 is 0 Å². The quantitative estimate of drug-likeness (QED) is 0.670. The predicted molar refractivity (Wildman–Crippen MR) is 57.1 cm³/mol. The molecule has 2 rings (SSSR count). The van der Waals surface area contributed by atoms with Gasteiger partial charge in [0.05, 0.1) is 11.6 Å². The zero-order valence-electron chi connectivity index (χ0n) is 8.41. The smallest absolute Gasteiger partial charge is 0.0992 e. The van der Waals surface area contributed by atoms with E-state index < -0.39 is 0 Å². The Kier molecular flexibility index (Phi) is 2.01. The van der Waals surface area contributed by atoms with Gasteiger partial charge in [-0.2, -0.15) is 5.26 Å². The minimum absolute atomic E-state index is 0.727. The molecule has 0 unspecified atom stereocenters. The van der Waals surface area contributed by atoms with Gasteiger partial charge in [-0.15, -0.1) is 0 Å². The summed E-state index contributed by atoms with van der Waals surface area (Å²) < 4.78 is 2.22.